The Morgan fingerprint density at radius 1 is 1.00 bits per heavy atom. The number of aromatic nitrogens is 2. The van der Waals surface area contributed by atoms with Gasteiger partial charge in [0.2, 0.25) is 0 Å². The van der Waals surface area contributed by atoms with Crippen molar-refractivity contribution in [3.8, 4) is 11.3 Å². The molecule has 3 aromatic rings. The first-order chi connectivity index (χ1) is 13.7. The third-order valence-corrected chi connectivity index (χ3v) is 5.27. The number of hydrogen-bond acceptors (Lipinski definition) is 4. The Kier molecular flexibility index (Phi) is 5.53. The third-order valence-electron chi connectivity index (χ3n) is 4.90. The van der Waals surface area contributed by atoms with Gasteiger partial charge in [0.05, 0.1) is 0 Å². The average Bonchev–Trinajstić information content (AvgIpc) is 3.28. The molecule has 142 valence electrons. The van der Waals surface area contributed by atoms with Gasteiger partial charge in [-0.15, -0.1) is 0 Å². The standard InChI is InChI=1S/C22H21ClN4O/c23-19-6-2-1-5-18(19)15-26-22(28)17-9-7-16(8-10-17)20-21(25-12-11-24-20)27-13-3-4-14-27/h1-2,5-12H,3-4,13-15H2,(H,26,28). The Labute approximate surface area is 169 Å². The van der Waals surface area contributed by atoms with Crippen molar-refractivity contribution < 1.29 is 4.79 Å². The summed E-state index contributed by atoms with van der Waals surface area (Å²) in [5.74, 6) is 0.779. The smallest absolute Gasteiger partial charge is 0.251 e. The zero-order valence-electron chi connectivity index (χ0n) is 15.4. The molecule has 1 aromatic heterocycles. The van der Waals surface area contributed by atoms with Crippen LogP contribution < -0.4 is 10.2 Å². The number of anilines is 1. The molecule has 1 saturated heterocycles. The molecule has 1 amide bonds. The van der Waals surface area contributed by atoms with Crippen molar-refractivity contribution in [2.24, 2.45) is 0 Å². The summed E-state index contributed by atoms with van der Waals surface area (Å²) in [4.78, 5) is 23.8. The Hall–Kier alpha value is -2.92. The van der Waals surface area contributed by atoms with Gasteiger partial charge in [-0.1, -0.05) is 41.9 Å². The second-order valence-corrected chi connectivity index (χ2v) is 7.18. The van der Waals surface area contributed by atoms with Crippen LogP contribution in [0.4, 0.5) is 5.82 Å². The van der Waals surface area contributed by atoms with E-state index in [1.807, 2.05) is 48.5 Å². The minimum Gasteiger partial charge on any atom is -0.355 e. The monoisotopic (exact) mass is 392 g/mol. The highest BCUT2D eigenvalue weighted by Gasteiger charge is 2.19. The van der Waals surface area contributed by atoms with E-state index in [4.69, 9.17) is 11.6 Å². The minimum atomic E-state index is -0.134. The lowest BCUT2D eigenvalue weighted by Gasteiger charge is -2.19. The number of amides is 1. The van der Waals surface area contributed by atoms with Gasteiger partial charge in [-0.3, -0.25) is 9.78 Å². The highest BCUT2D eigenvalue weighted by Crippen LogP contribution is 2.29. The Morgan fingerprint density at radius 3 is 2.46 bits per heavy atom. The Bertz CT molecular complexity index is 968. The number of benzene rings is 2. The fraction of sp³-hybridized carbons (Fsp3) is 0.227. The first-order valence-corrected chi connectivity index (χ1v) is 9.78. The molecular formula is C22H21ClN4O. The SMILES string of the molecule is O=C(NCc1ccccc1Cl)c1ccc(-c2nccnc2N2CCCC2)cc1. The first kappa shape index (κ1) is 18.4. The number of carbonyl (C=O) groups excluding carboxylic acids is 1. The van der Waals surface area contributed by atoms with Crippen LogP contribution in [0.3, 0.4) is 0 Å². The van der Waals surface area contributed by atoms with Crippen molar-refractivity contribution >= 4 is 23.3 Å². The van der Waals surface area contributed by atoms with E-state index in [-0.39, 0.29) is 5.91 Å². The number of halogens is 1. The maximum atomic E-state index is 12.5. The molecule has 2 heterocycles. The molecule has 28 heavy (non-hydrogen) atoms. The summed E-state index contributed by atoms with van der Waals surface area (Å²) in [6.45, 7) is 2.41. The second-order valence-electron chi connectivity index (χ2n) is 6.77. The molecule has 1 aliphatic heterocycles. The summed E-state index contributed by atoms with van der Waals surface area (Å²) in [5.41, 5.74) is 3.30. The zero-order valence-corrected chi connectivity index (χ0v) is 16.2. The molecule has 1 N–H and O–H groups in total. The number of nitrogens with one attached hydrogen (secondary N) is 1. The lowest BCUT2D eigenvalue weighted by Crippen LogP contribution is -2.23. The van der Waals surface area contributed by atoms with Gasteiger partial charge in [-0.05, 0) is 36.6 Å². The quantitative estimate of drug-likeness (QED) is 0.702. The summed E-state index contributed by atoms with van der Waals surface area (Å²) < 4.78 is 0. The van der Waals surface area contributed by atoms with Crippen molar-refractivity contribution in [3.05, 3.63) is 77.1 Å². The van der Waals surface area contributed by atoms with Crippen LogP contribution in [-0.2, 0) is 6.54 Å². The normalized spacial score (nSPS) is 13.5. The largest absolute Gasteiger partial charge is 0.355 e. The molecule has 0 radical (unpaired) electrons. The van der Waals surface area contributed by atoms with E-state index in [1.54, 1.807) is 12.4 Å². The van der Waals surface area contributed by atoms with Gasteiger partial charge in [-0.25, -0.2) is 4.98 Å². The molecule has 6 heteroatoms. The molecule has 2 aromatic carbocycles. The fourth-order valence-corrected chi connectivity index (χ4v) is 3.60. The van der Waals surface area contributed by atoms with E-state index < -0.39 is 0 Å². The third kappa shape index (κ3) is 3.99. The molecule has 1 aliphatic rings. The number of carbonyl (C=O) groups is 1. The van der Waals surface area contributed by atoms with Crippen molar-refractivity contribution in [1.82, 2.24) is 15.3 Å². The number of hydrogen-bond donors (Lipinski definition) is 1. The molecule has 0 bridgehead atoms. The van der Waals surface area contributed by atoms with Crippen molar-refractivity contribution in [2.45, 2.75) is 19.4 Å². The minimum absolute atomic E-state index is 0.134. The predicted molar refractivity (Wildman–Crippen MR) is 112 cm³/mol. The van der Waals surface area contributed by atoms with Crippen LogP contribution in [-0.4, -0.2) is 29.0 Å². The number of rotatable bonds is 5. The van der Waals surface area contributed by atoms with Gasteiger partial charge >= 0.3 is 0 Å². The van der Waals surface area contributed by atoms with E-state index in [1.165, 1.54) is 12.8 Å². The van der Waals surface area contributed by atoms with Crippen LogP contribution in [0, 0.1) is 0 Å². The molecule has 5 nitrogen and oxygen atoms in total. The van der Waals surface area contributed by atoms with E-state index in [0.717, 1.165) is 35.7 Å². The summed E-state index contributed by atoms with van der Waals surface area (Å²) in [6.07, 6.45) is 5.80. The van der Waals surface area contributed by atoms with Gasteiger partial charge < -0.3 is 10.2 Å². The molecule has 4 rings (SSSR count). The summed E-state index contributed by atoms with van der Waals surface area (Å²) in [5, 5.41) is 3.56. The molecule has 0 aliphatic carbocycles. The predicted octanol–water partition coefficient (Wildman–Crippen LogP) is 4.33. The molecule has 0 atom stereocenters. The van der Waals surface area contributed by atoms with Crippen molar-refractivity contribution in [1.29, 1.82) is 0 Å². The van der Waals surface area contributed by atoms with Crippen molar-refractivity contribution in [3.63, 3.8) is 0 Å². The molecule has 1 fully saturated rings. The summed E-state index contributed by atoms with van der Waals surface area (Å²) in [6, 6.07) is 15.0. The van der Waals surface area contributed by atoms with E-state index in [0.29, 0.717) is 17.1 Å². The summed E-state index contributed by atoms with van der Waals surface area (Å²) in [7, 11) is 0. The second kappa shape index (κ2) is 8.40. The average molecular weight is 393 g/mol. The number of nitrogens with zero attached hydrogens (tertiary/aromatic N) is 3. The highest BCUT2D eigenvalue weighted by molar-refractivity contribution is 6.31. The molecule has 0 saturated carbocycles. The maximum absolute atomic E-state index is 12.5. The molecule has 0 unspecified atom stereocenters. The maximum Gasteiger partial charge on any atom is 0.251 e. The lowest BCUT2D eigenvalue weighted by molar-refractivity contribution is 0.0951. The van der Waals surface area contributed by atoms with Crippen LogP contribution in [0.15, 0.2) is 60.9 Å². The van der Waals surface area contributed by atoms with Gasteiger partial charge in [0.25, 0.3) is 5.91 Å². The Balaban J connectivity index is 1.48. The van der Waals surface area contributed by atoms with Crippen LogP contribution in [0.5, 0.6) is 0 Å². The van der Waals surface area contributed by atoms with Gasteiger partial charge in [0, 0.05) is 48.2 Å². The van der Waals surface area contributed by atoms with Gasteiger partial charge in [-0.2, -0.15) is 0 Å². The van der Waals surface area contributed by atoms with E-state index in [2.05, 4.69) is 20.2 Å². The van der Waals surface area contributed by atoms with E-state index >= 15 is 0 Å². The van der Waals surface area contributed by atoms with Crippen LogP contribution in [0.2, 0.25) is 5.02 Å². The van der Waals surface area contributed by atoms with Crippen LogP contribution in [0.1, 0.15) is 28.8 Å². The summed E-state index contributed by atoms with van der Waals surface area (Å²) >= 11 is 6.14. The van der Waals surface area contributed by atoms with Crippen LogP contribution >= 0.6 is 11.6 Å². The van der Waals surface area contributed by atoms with Crippen LogP contribution in [0.25, 0.3) is 11.3 Å². The lowest BCUT2D eigenvalue weighted by atomic mass is 10.1. The van der Waals surface area contributed by atoms with Gasteiger partial charge in [0.15, 0.2) is 5.82 Å². The Morgan fingerprint density at radius 2 is 1.71 bits per heavy atom. The topological polar surface area (TPSA) is 58.1 Å². The molecule has 0 spiro atoms. The molecular weight excluding hydrogens is 372 g/mol. The van der Waals surface area contributed by atoms with Gasteiger partial charge in [0.1, 0.15) is 5.69 Å². The van der Waals surface area contributed by atoms with Crippen molar-refractivity contribution in [2.75, 3.05) is 18.0 Å². The first-order valence-electron chi connectivity index (χ1n) is 9.40. The fourth-order valence-electron chi connectivity index (χ4n) is 3.39. The zero-order chi connectivity index (χ0) is 19.3. The highest BCUT2D eigenvalue weighted by atomic mass is 35.5. The van der Waals surface area contributed by atoms with E-state index in [9.17, 15) is 4.79 Å².